The summed E-state index contributed by atoms with van der Waals surface area (Å²) in [7, 11) is 0. The minimum atomic E-state index is -0.592. The highest BCUT2D eigenvalue weighted by molar-refractivity contribution is 5.88. The van der Waals surface area contributed by atoms with Gasteiger partial charge in [-0.1, -0.05) is 6.42 Å². The van der Waals surface area contributed by atoms with Crippen molar-refractivity contribution in [3.8, 4) is 11.5 Å². The number of aromatic nitrogens is 5. The molecule has 7 nitrogen and oxygen atoms in total. The fraction of sp³-hybridized carbons (Fsp3) is 0.476. The number of anilines is 1. The minimum absolute atomic E-state index is 0.0457. The molecule has 6 rings (SSSR count). The molecule has 0 amide bonds. The normalized spacial score (nSPS) is 26.0. The van der Waals surface area contributed by atoms with Crippen molar-refractivity contribution >= 4 is 22.6 Å². The van der Waals surface area contributed by atoms with Gasteiger partial charge < -0.3 is 5.32 Å². The number of carbonyl (C=O) groups is 1. The van der Waals surface area contributed by atoms with Crippen LogP contribution in [0.2, 0.25) is 0 Å². The van der Waals surface area contributed by atoms with Crippen LogP contribution >= 0.6 is 0 Å². The van der Waals surface area contributed by atoms with Crippen molar-refractivity contribution in [1.82, 2.24) is 25.1 Å². The summed E-state index contributed by atoms with van der Waals surface area (Å²) in [5.41, 5.74) is 0.692. The van der Waals surface area contributed by atoms with E-state index >= 15 is 0 Å². The van der Waals surface area contributed by atoms with Gasteiger partial charge >= 0.3 is 0 Å². The van der Waals surface area contributed by atoms with Crippen molar-refractivity contribution in [3.63, 3.8) is 0 Å². The van der Waals surface area contributed by atoms with E-state index in [0.29, 0.717) is 28.6 Å². The minimum Gasteiger partial charge on any atom is -0.364 e. The molecule has 0 radical (unpaired) electrons. The number of pyridine rings is 1. The number of H-pyrrole nitrogens is 1. The maximum absolute atomic E-state index is 14.6. The number of nitrogens with one attached hydrogen (secondary N) is 2. The number of halogens is 2. The Morgan fingerprint density at radius 3 is 2.77 bits per heavy atom. The number of Topliss-reactive ketones (excluding diaryl/α,β-unsaturated/α-hetero) is 1. The average Bonchev–Trinajstić information content (AvgIpc) is 2.89. The Bertz CT molecular complexity index is 1110. The Morgan fingerprint density at radius 1 is 1.13 bits per heavy atom. The Labute approximate surface area is 171 Å². The molecule has 2 bridgehead atoms. The third-order valence-electron chi connectivity index (χ3n) is 6.57. The Balaban J connectivity index is 1.52. The molecule has 4 atom stereocenters. The zero-order valence-corrected chi connectivity index (χ0v) is 16.5. The first kappa shape index (κ1) is 19.0. The van der Waals surface area contributed by atoms with Gasteiger partial charge in [0.1, 0.15) is 17.3 Å². The molecule has 0 aromatic carbocycles. The molecule has 2 N–H and O–H groups in total. The van der Waals surface area contributed by atoms with Gasteiger partial charge in [-0.3, -0.25) is 9.89 Å². The number of hydrogen-bond acceptors (Lipinski definition) is 6. The van der Waals surface area contributed by atoms with Gasteiger partial charge in [-0.25, -0.2) is 23.7 Å². The van der Waals surface area contributed by atoms with Crippen molar-refractivity contribution in [1.29, 1.82) is 0 Å². The van der Waals surface area contributed by atoms with Gasteiger partial charge in [0.05, 0.1) is 17.8 Å². The average molecular weight is 412 g/mol. The zero-order valence-electron chi connectivity index (χ0n) is 16.5. The number of fused-ring (bicyclic) bond motifs is 5. The lowest BCUT2D eigenvalue weighted by atomic mass is 9.70. The lowest BCUT2D eigenvalue weighted by Crippen LogP contribution is -2.46. The second-order valence-corrected chi connectivity index (χ2v) is 8.35. The summed E-state index contributed by atoms with van der Waals surface area (Å²) in [6, 6.07) is 1.13. The largest absolute Gasteiger partial charge is 0.364 e. The Kier molecular flexibility index (Phi) is 4.67. The summed E-state index contributed by atoms with van der Waals surface area (Å²) in [6.45, 7) is 1.62. The molecule has 0 spiro atoms. The van der Waals surface area contributed by atoms with Gasteiger partial charge in [0.25, 0.3) is 0 Å². The molecule has 3 fully saturated rings. The molecule has 156 valence electrons. The predicted molar refractivity (Wildman–Crippen MR) is 106 cm³/mol. The summed E-state index contributed by atoms with van der Waals surface area (Å²) < 4.78 is 28.3. The maximum Gasteiger partial charge on any atom is 0.183 e. The van der Waals surface area contributed by atoms with Gasteiger partial charge in [-0.05, 0) is 50.5 Å². The molecule has 3 saturated carbocycles. The molecular weight excluding hydrogens is 390 g/mol. The van der Waals surface area contributed by atoms with E-state index in [-0.39, 0.29) is 29.4 Å². The van der Waals surface area contributed by atoms with Crippen LogP contribution in [0.25, 0.3) is 22.6 Å². The molecular formula is C21H22F2N6O. The van der Waals surface area contributed by atoms with Crippen molar-refractivity contribution in [2.45, 2.75) is 45.1 Å². The van der Waals surface area contributed by atoms with Crippen molar-refractivity contribution in [2.24, 2.45) is 17.8 Å². The summed E-state index contributed by atoms with van der Waals surface area (Å²) in [5.74, 6) is -0.269. The summed E-state index contributed by atoms with van der Waals surface area (Å²) >= 11 is 0. The summed E-state index contributed by atoms with van der Waals surface area (Å²) in [4.78, 5) is 24.8. The number of aromatic amines is 1. The van der Waals surface area contributed by atoms with Crippen LogP contribution in [0.3, 0.4) is 0 Å². The topological polar surface area (TPSA) is 96.5 Å². The van der Waals surface area contributed by atoms with E-state index in [4.69, 9.17) is 0 Å². The number of nitrogens with zero attached hydrogens (tertiary/aromatic N) is 4. The fourth-order valence-electron chi connectivity index (χ4n) is 5.24. The van der Waals surface area contributed by atoms with Gasteiger partial charge in [-0.15, -0.1) is 0 Å². The van der Waals surface area contributed by atoms with E-state index in [1.54, 1.807) is 6.92 Å². The molecule has 0 aliphatic heterocycles. The molecule has 3 aliphatic rings. The lowest BCUT2D eigenvalue weighted by molar-refractivity contribution is -0.124. The molecule has 9 heteroatoms. The van der Waals surface area contributed by atoms with Gasteiger partial charge in [0, 0.05) is 12.0 Å². The van der Waals surface area contributed by atoms with Crippen LogP contribution in [0, 0.1) is 29.4 Å². The third-order valence-corrected chi connectivity index (χ3v) is 6.57. The summed E-state index contributed by atoms with van der Waals surface area (Å²) in [6.07, 6.45) is 7.39. The van der Waals surface area contributed by atoms with Crippen LogP contribution in [-0.4, -0.2) is 37.0 Å². The van der Waals surface area contributed by atoms with E-state index in [0.717, 1.165) is 44.5 Å². The highest BCUT2D eigenvalue weighted by Crippen LogP contribution is 2.44. The van der Waals surface area contributed by atoms with Crippen LogP contribution in [0.4, 0.5) is 14.6 Å². The first-order valence-corrected chi connectivity index (χ1v) is 10.3. The van der Waals surface area contributed by atoms with E-state index in [1.165, 1.54) is 6.07 Å². The number of ketones is 1. The van der Waals surface area contributed by atoms with Crippen molar-refractivity contribution in [2.75, 3.05) is 5.32 Å². The monoisotopic (exact) mass is 412 g/mol. The van der Waals surface area contributed by atoms with E-state index in [1.807, 2.05) is 0 Å². The smallest absolute Gasteiger partial charge is 0.183 e. The zero-order chi connectivity index (χ0) is 20.8. The number of carbonyl (C=O) groups excluding carboxylic acids is 1. The quantitative estimate of drug-likeness (QED) is 0.675. The molecule has 30 heavy (non-hydrogen) atoms. The Hall–Kier alpha value is -2.97. The van der Waals surface area contributed by atoms with Crippen LogP contribution in [-0.2, 0) is 4.79 Å². The van der Waals surface area contributed by atoms with E-state index < -0.39 is 11.6 Å². The summed E-state index contributed by atoms with van der Waals surface area (Å²) in [5, 5.41) is 10.5. The molecule has 3 aromatic heterocycles. The van der Waals surface area contributed by atoms with Crippen LogP contribution in [0.1, 0.15) is 39.0 Å². The first-order valence-electron chi connectivity index (χ1n) is 10.3. The van der Waals surface area contributed by atoms with Crippen LogP contribution in [0.5, 0.6) is 0 Å². The van der Waals surface area contributed by atoms with Gasteiger partial charge in [0.15, 0.2) is 23.1 Å². The standard InChI is InChI=1S/C21H22F2N6O/c1-10(30)16-11-3-2-4-12(6-5-11)17(16)26-20-15(23)9-25-21(27-20)18-14-7-13(22)8-24-19(14)29-28-18/h7-9,11-12,16-17H,2-6H2,1H3,(H,24,28,29)(H,25,26,27)/t11?,12?,16-,17?/m1/s1. The first-order chi connectivity index (χ1) is 14.5. The molecule has 3 unspecified atom stereocenters. The molecule has 3 heterocycles. The van der Waals surface area contributed by atoms with Crippen molar-refractivity contribution in [3.05, 3.63) is 30.1 Å². The van der Waals surface area contributed by atoms with Crippen LogP contribution < -0.4 is 5.32 Å². The lowest BCUT2D eigenvalue weighted by Gasteiger charge is -2.40. The molecule has 3 aliphatic carbocycles. The third kappa shape index (κ3) is 3.22. The number of rotatable bonds is 4. The second kappa shape index (κ2) is 7.37. The number of hydrogen-bond donors (Lipinski definition) is 2. The van der Waals surface area contributed by atoms with Crippen LogP contribution in [0.15, 0.2) is 18.5 Å². The predicted octanol–water partition coefficient (Wildman–Crippen LogP) is 3.89. The van der Waals surface area contributed by atoms with E-state index in [9.17, 15) is 13.6 Å². The van der Waals surface area contributed by atoms with E-state index in [2.05, 4.69) is 30.5 Å². The molecule has 3 aromatic rings. The Morgan fingerprint density at radius 2 is 1.93 bits per heavy atom. The molecule has 0 saturated heterocycles. The highest BCUT2D eigenvalue weighted by atomic mass is 19.1. The maximum atomic E-state index is 14.6. The SMILES string of the molecule is CC(=O)[C@@H]1C2CCCC(CC2)C1Nc1nc(-c2n[nH]c3ncc(F)cc23)ncc1F. The van der Waals surface area contributed by atoms with Gasteiger partial charge in [-0.2, -0.15) is 5.10 Å². The second-order valence-electron chi connectivity index (χ2n) is 8.35. The van der Waals surface area contributed by atoms with Crippen molar-refractivity contribution < 1.29 is 13.6 Å². The van der Waals surface area contributed by atoms with Gasteiger partial charge in [0.2, 0.25) is 0 Å². The highest BCUT2D eigenvalue weighted by Gasteiger charge is 2.44. The fourth-order valence-corrected chi connectivity index (χ4v) is 5.24.